The molecule has 8 heteroatoms. The van der Waals surface area contributed by atoms with Crippen LogP contribution in [0.1, 0.15) is 23.0 Å². The first-order valence-electron chi connectivity index (χ1n) is 9.47. The molecule has 1 heterocycles. The summed E-state index contributed by atoms with van der Waals surface area (Å²) in [6, 6.07) is 13.2. The second-order valence-corrected chi connectivity index (χ2v) is 6.61. The van der Waals surface area contributed by atoms with Crippen LogP contribution in [0.25, 0.3) is 5.69 Å². The smallest absolute Gasteiger partial charge is 0.257 e. The molecule has 0 saturated carbocycles. The summed E-state index contributed by atoms with van der Waals surface area (Å²) in [6.07, 6.45) is 1.40. The minimum absolute atomic E-state index is 0.128. The molecule has 0 unspecified atom stereocenters. The molecule has 0 aliphatic carbocycles. The fraction of sp³-hybridized carbons (Fsp3) is 0.227. The van der Waals surface area contributed by atoms with Gasteiger partial charge >= 0.3 is 0 Å². The molecular weight excluding hydrogens is 387 g/mol. The lowest BCUT2D eigenvalue weighted by Gasteiger charge is -2.20. The van der Waals surface area contributed by atoms with E-state index in [-0.39, 0.29) is 24.0 Å². The van der Waals surface area contributed by atoms with Crippen molar-refractivity contribution in [2.45, 2.75) is 13.8 Å². The van der Waals surface area contributed by atoms with E-state index >= 15 is 0 Å². The minimum Gasteiger partial charge on any atom is -0.497 e. The summed E-state index contributed by atoms with van der Waals surface area (Å²) in [6.45, 7) is 3.68. The number of methoxy groups -OCH3 is 1. The number of aromatic nitrogens is 2. The number of anilines is 1. The monoisotopic (exact) mass is 410 g/mol. The number of benzene rings is 2. The Balaban J connectivity index is 1.75. The highest BCUT2D eigenvalue weighted by Gasteiger charge is 2.23. The summed E-state index contributed by atoms with van der Waals surface area (Å²) < 4.78 is 20.6. The van der Waals surface area contributed by atoms with Gasteiger partial charge in [0.05, 0.1) is 24.6 Å². The third-order valence-corrected chi connectivity index (χ3v) is 4.68. The molecule has 30 heavy (non-hydrogen) atoms. The normalized spacial score (nSPS) is 10.5. The molecular formula is C22H23FN4O3. The van der Waals surface area contributed by atoms with Crippen LogP contribution in [0, 0.1) is 12.7 Å². The van der Waals surface area contributed by atoms with Crippen LogP contribution in [0.15, 0.2) is 54.7 Å². The fourth-order valence-electron chi connectivity index (χ4n) is 3.06. The first-order valence-corrected chi connectivity index (χ1v) is 9.47. The van der Waals surface area contributed by atoms with Gasteiger partial charge in [0.1, 0.15) is 23.8 Å². The van der Waals surface area contributed by atoms with E-state index in [1.54, 1.807) is 63.4 Å². The van der Waals surface area contributed by atoms with Gasteiger partial charge in [0.25, 0.3) is 5.91 Å². The van der Waals surface area contributed by atoms with Crippen molar-refractivity contribution in [1.82, 2.24) is 14.7 Å². The van der Waals surface area contributed by atoms with Gasteiger partial charge in [0.15, 0.2) is 0 Å². The van der Waals surface area contributed by atoms with Gasteiger partial charge in [0, 0.05) is 18.3 Å². The summed E-state index contributed by atoms with van der Waals surface area (Å²) in [5.74, 6) is -0.504. The molecule has 156 valence electrons. The lowest BCUT2D eigenvalue weighted by atomic mass is 10.2. The number of rotatable bonds is 7. The first-order chi connectivity index (χ1) is 14.4. The Labute approximate surface area is 174 Å². The maximum atomic E-state index is 14.1. The van der Waals surface area contributed by atoms with Crippen LogP contribution >= 0.6 is 0 Å². The zero-order valence-corrected chi connectivity index (χ0v) is 17.1. The number of ether oxygens (including phenoxy) is 1. The summed E-state index contributed by atoms with van der Waals surface area (Å²) in [5.41, 5.74) is 1.64. The molecule has 0 saturated heterocycles. The maximum Gasteiger partial charge on any atom is 0.257 e. The Morgan fingerprint density at radius 1 is 1.20 bits per heavy atom. The van der Waals surface area contributed by atoms with E-state index in [9.17, 15) is 14.0 Å². The predicted molar refractivity (Wildman–Crippen MR) is 111 cm³/mol. The van der Waals surface area contributed by atoms with Crippen LogP contribution in [-0.4, -0.2) is 46.7 Å². The van der Waals surface area contributed by atoms with Crippen molar-refractivity contribution in [1.29, 1.82) is 0 Å². The highest BCUT2D eigenvalue weighted by atomic mass is 19.1. The number of para-hydroxylation sites is 1. The van der Waals surface area contributed by atoms with Crippen LogP contribution < -0.4 is 10.1 Å². The SMILES string of the molecule is CCN(CC(=O)Nc1cccc(OC)c1)C(=O)c1cnn(-c2ccccc2F)c1C. The Kier molecular flexibility index (Phi) is 6.46. The van der Waals surface area contributed by atoms with Gasteiger partial charge in [-0.2, -0.15) is 5.10 Å². The van der Waals surface area contributed by atoms with Crippen LogP contribution in [0.4, 0.5) is 10.1 Å². The molecule has 0 aliphatic rings. The molecule has 0 spiro atoms. The Bertz CT molecular complexity index is 1060. The summed E-state index contributed by atoms with van der Waals surface area (Å²) in [4.78, 5) is 26.9. The molecule has 2 aromatic carbocycles. The van der Waals surface area contributed by atoms with Crippen molar-refractivity contribution in [3.05, 3.63) is 71.8 Å². The van der Waals surface area contributed by atoms with Gasteiger partial charge in [-0.3, -0.25) is 9.59 Å². The molecule has 0 bridgehead atoms. The van der Waals surface area contributed by atoms with Gasteiger partial charge < -0.3 is 15.0 Å². The average Bonchev–Trinajstić information content (AvgIpc) is 3.13. The number of halogens is 1. The quantitative estimate of drug-likeness (QED) is 0.648. The molecule has 1 N–H and O–H groups in total. The maximum absolute atomic E-state index is 14.1. The summed E-state index contributed by atoms with van der Waals surface area (Å²) in [7, 11) is 1.54. The molecule has 1 aromatic heterocycles. The lowest BCUT2D eigenvalue weighted by molar-refractivity contribution is -0.116. The van der Waals surface area contributed by atoms with Gasteiger partial charge in [-0.1, -0.05) is 18.2 Å². The molecule has 3 aromatic rings. The number of nitrogens with zero attached hydrogens (tertiary/aromatic N) is 3. The zero-order chi connectivity index (χ0) is 21.7. The number of amides is 2. The molecule has 0 atom stereocenters. The van der Waals surface area contributed by atoms with Crippen LogP contribution in [0.2, 0.25) is 0 Å². The second kappa shape index (κ2) is 9.21. The molecule has 0 radical (unpaired) electrons. The molecule has 0 fully saturated rings. The molecule has 7 nitrogen and oxygen atoms in total. The van der Waals surface area contributed by atoms with Gasteiger partial charge in [-0.15, -0.1) is 0 Å². The van der Waals surface area contributed by atoms with Crippen LogP contribution in [0.5, 0.6) is 5.75 Å². The second-order valence-electron chi connectivity index (χ2n) is 6.61. The van der Waals surface area contributed by atoms with E-state index in [4.69, 9.17) is 4.74 Å². The van der Waals surface area contributed by atoms with E-state index in [1.165, 1.54) is 21.8 Å². The van der Waals surface area contributed by atoms with Crippen molar-refractivity contribution in [3.8, 4) is 11.4 Å². The molecule has 3 rings (SSSR count). The van der Waals surface area contributed by atoms with Crippen molar-refractivity contribution in [2.75, 3.05) is 25.5 Å². The third-order valence-electron chi connectivity index (χ3n) is 4.68. The van der Waals surface area contributed by atoms with E-state index in [0.717, 1.165) is 0 Å². The van der Waals surface area contributed by atoms with Crippen LogP contribution in [-0.2, 0) is 4.79 Å². The number of carbonyl (C=O) groups excluding carboxylic acids is 2. The number of likely N-dealkylation sites (N-methyl/N-ethyl adjacent to an activating group) is 1. The van der Waals surface area contributed by atoms with Crippen molar-refractivity contribution in [2.24, 2.45) is 0 Å². The Morgan fingerprint density at radius 3 is 2.67 bits per heavy atom. The summed E-state index contributed by atoms with van der Waals surface area (Å²) >= 11 is 0. The van der Waals surface area contributed by atoms with E-state index in [1.807, 2.05) is 0 Å². The Hall–Kier alpha value is -3.68. The largest absolute Gasteiger partial charge is 0.497 e. The minimum atomic E-state index is -0.437. The van der Waals surface area contributed by atoms with E-state index < -0.39 is 5.82 Å². The highest BCUT2D eigenvalue weighted by molar-refractivity contribution is 6.00. The lowest BCUT2D eigenvalue weighted by Crippen LogP contribution is -2.38. The van der Waals surface area contributed by atoms with E-state index in [0.29, 0.717) is 29.2 Å². The van der Waals surface area contributed by atoms with E-state index in [2.05, 4.69) is 10.4 Å². The topological polar surface area (TPSA) is 76.5 Å². The van der Waals surface area contributed by atoms with Gasteiger partial charge in [-0.05, 0) is 38.1 Å². The standard InChI is InChI=1S/C22H23FN4O3/c1-4-26(14-21(28)25-16-8-7-9-17(12-16)30-3)22(29)18-13-24-27(15(18)2)20-11-6-5-10-19(20)23/h5-13H,4,14H2,1-3H3,(H,25,28). The fourth-order valence-corrected chi connectivity index (χ4v) is 3.06. The molecule has 2 amide bonds. The average molecular weight is 410 g/mol. The zero-order valence-electron chi connectivity index (χ0n) is 17.1. The molecule has 0 aliphatic heterocycles. The van der Waals surface area contributed by atoms with Crippen molar-refractivity contribution >= 4 is 17.5 Å². The summed E-state index contributed by atoms with van der Waals surface area (Å²) in [5, 5.41) is 6.92. The van der Waals surface area contributed by atoms with Gasteiger partial charge in [0.2, 0.25) is 5.91 Å². The predicted octanol–water partition coefficient (Wildman–Crippen LogP) is 3.43. The Morgan fingerprint density at radius 2 is 1.97 bits per heavy atom. The first kappa shape index (κ1) is 21.0. The number of nitrogens with one attached hydrogen (secondary N) is 1. The highest BCUT2D eigenvalue weighted by Crippen LogP contribution is 2.19. The number of carbonyl (C=O) groups is 2. The number of hydrogen-bond acceptors (Lipinski definition) is 4. The van der Waals surface area contributed by atoms with Crippen LogP contribution in [0.3, 0.4) is 0 Å². The third kappa shape index (κ3) is 4.48. The number of hydrogen-bond donors (Lipinski definition) is 1. The van der Waals surface area contributed by atoms with Crippen molar-refractivity contribution < 1.29 is 18.7 Å². The van der Waals surface area contributed by atoms with Crippen molar-refractivity contribution in [3.63, 3.8) is 0 Å². The van der Waals surface area contributed by atoms with Gasteiger partial charge in [-0.25, -0.2) is 9.07 Å².